The SMILES string of the molecule is Cl.NC1CCN(C(=O)c2ccc(Cl)s2)CC1. The van der Waals surface area contributed by atoms with Crippen molar-refractivity contribution in [2.45, 2.75) is 18.9 Å². The summed E-state index contributed by atoms with van der Waals surface area (Å²) in [7, 11) is 0. The number of carbonyl (C=O) groups is 1. The second-order valence-corrected chi connectivity index (χ2v) is 5.45. The Labute approximate surface area is 110 Å². The van der Waals surface area contributed by atoms with Crippen molar-refractivity contribution in [1.82, 2.24) is 4.90 Å². The summed E-state index contributed by atoms with van der Waals surface area (Å²) in [5, 5.41) is 0. The number of nitrogens with zero attached hydrogens (tertiary/aromatic N) is 1. The van der Waals surface area contributed by atoms with Gasteiger partial charge in [0.1, 0.15) is 0 Å². The van der Waals surface area contributed by atoms with Gasteiger partial charge in [0.15, 0.2) is 0 Å². The lowest BCUT2D eigenvalue weighted by molar-refractivity contribution is 0.0719. The van der Waals surface area contributed by atoms with E-state index < -0.39 is 0 Å². The molecule has 6 heteroatoms. The van der Waals surface area contributed by atoms with E-state index in [0.29, 0.717) is 4.34 Å². The van der Waals surface area contributed by atoms with Crippen LogP contribution < -0.4 is 5.73 Å². The van der Waals surface area contributed by atoms with E-state index in [-0.39, 0.29) is 24.4 Å². The first-order chi connectivity index (χ1) is 7.16. The summed E-state index contributed by atoms with van der Waals surface area (Å²) in [4.78, 5) is 14.5. The molecule has 1 aromatic heterocycles. The van der Waals surface area contributed by atoms with Crippen LogP contribution in [0.2, 0.25) is 4.34 Å². The number of rotatable bonds is 1. The first-order valence-electron chi connectivity index (χ1n) is 4.97. The van der Waals surface area contributed by atoms with Crippen LogP contribution >= 0.6 is 35.3 Å². The highest BCUT2D eigenvalue weighted by molar-refractivity contribution is 7.17. The molecule has 0 spiro atoms. The molecular formula is C10H14Cl2N2OS. The predicted octanol–water partition coefficient (Wildman–Crippen LogP) is 2.39. The third kappa shape index (κ3) is 3.10. The molecule has 1 aliphatic heterocycles. The van der Waals surface area contributed by atoms with E-state index in [1.807, 2.05) is 4.90 Å². The first kappa shape index (κ1) is 13.8. The van der Waals surface area contributed by atoms with Gasteiger partial charge in [-0.25, -0.2) is 0 Å². The molecule has 2 heterocycles. The van der Waals surface area contributed by atoms with Gasteiger partial charge in [-0.2, -0.15) is 0 Å². The summed E-state index contributed by atoms with van der Waals surface area (Å²) in [6.45, 7) is 1.52. The Morgan fingerprint density at radius 2 is 2.06 bits per heavy atom. The van der Waals surface area contributed by atoms with Gasteiger partial charge in [-0.15, -0.1) is 23.7 Å². The Balaban J connectivity index is 0.00000128. The van der Waals surface area contributed by atoms with Gasteiger partial charge < -0.3 is 10.6 Å². The number of thiophene rings is 1. The molecule has 0 atom stereocenters. The van der Waals surface area contributed by atoms with Crippen molar-refractivity contribution in [3.8, 4) is 0 Å². The lowest BCUT2D eigenvalue weighted by Crippen LogP contribution is -2.42. The molecule has 0 aliphatic carbocycles. The number of hydrogen-bond acceptors (Lipinski definition) is 3. The topological polar surface area (TPSA) is 46.3 Å². The maximum absolute atomic E-state index is 12.0. The van der Waals surface area contributed by atoms with Gasteiger partial charge in [-0.3, -0.25) is 4.79 Å². The molecule has 2 rings (SSSR count). The predicted molar refractivity (Wildman–Crippen MR) is 69.7 cm³/mol. The first-order valence-corrected chi connectivity index (χ1v) is 6.16. The molecule has 3 nitrogen and oxygen atoms in total. The largest absolute Gasteiger partial charge is 0.338 e. The monoisotopic (exact) mass is 280 g/mol. The molecule has 2 N–H and O–H groups in total. The average Bonchev–Trinajstić information content (AvgIpc) is 2.65. The summed E-state index contributed by atoms with van der Waals surface area (Å²) in [6.07, 6.45) is 1.79. The maximum atomic E-state index is 12.0. The lowest BCUT2D eigenvalue weighted by Gasteiger charge is -2.29. The van der Waals surface area contributed by atoms with Crippen molar-refractivity contribution in [3.05, 3.63) is 21.3 Å². The van der Waals surface area contributed by atoms with E-state index in [2.05, 4.69) is 0 Å². The Hall–Kier alpha value is -0.290. The quantitative estimate of drug-likeness (QED) is 0.859. The Bertz CT molecular complexity index is 361. The van der Waals surface area contributed by atoms with Crippen LogP contribution in [0.15, 0.2) is 12.1 Å². The van der Waals surface area contributed by atoms with Crippen LogP contribution in [0.1, 0.15) is 22.5 Å². The van der Waals surface area contributed by atoms with Crippen LogP contribution in [0.5, 0.6) is 0 Å². The van der Waals surface area contributed by atoms with Crippen molar-refractivity contribution in [2.75, 3.05) is 13.1 Å². The number of halogens is 2. The van der Waals surface area contributed by atoms with Gasteiger partial charge in [-0.05, 0) is 25.0 Å². The van der Waals surface area contributed by atoms with Crippen molar-refractivity contribution in [2.24, 2.45) is 5.73 Å². The maximum Gasteiger partial charge on any atom is 0.263 e. The highest BCUT2D eigenvalue weighted by Gasteiger charge is 2.22. The average molecular weight is 281 g/mol. The molecule has 1 aromatic rings. The van der Waals surface area contributed by atoms with E-state index in [9.17, 15) is 4.79 Å². The molecule has 0 unspecified atom stereocenters. The molecule has 1 fully saturated rings. The lowest BCUT2D eigenvalue weighted by atomic mass is 10.1. The minimum atomic E-state index is 0. The normalized spacial score (nSPS) is 17.0. The number of hydrogen-bond donors (Lipinski definition) is 1. The third-order valence-electron chi connectivity index (χ3n) is 2.61. The highest BCUT2D eigenvalue weighted by Crippen LogP contribution is 2.23. The van der Waals surface area contributed by atoms with Crippen LogP contribution in [-0.2, 0) is 0 Å². The van der Waals surface area contributed by atoms with E-state index in [0.717, 1.165) is 30.8 Å². The molecule has 16 heavy (non-hydrogen) atoms. The molecule has 1 aliphatic rings. The van der Waals surface area contributed by atoms with Gasteiger partial charge in [0.25, 0.3) is 5.91 Å². The fourth-order valence-electron chi connectivity index (χ4n) is 1.69. The third-order valence-corrected chi connectivity index (χ3v) is 3.83. The second-order valence-electron chi connectivity index (χ2n) is 3.73. The van der Waals surface area contributed by atoms with Gasteiger partial charge in [0.05, 0.1) is 9.21 Å². The van der Waals surface area contributed by atoms with E-state index in [1.165, 1.54) is 11.3 Å². The smallest absolute Gasteiger partial charge is 0.263 e. The van der Waals surface area contributed by atoms with Crippen LogP contribution in [0.3, 0.4) is 0 Å². The molecule has 90 valence electrons. The zero-order chi connectivity index (χ0) is 10.8. The zero-order valence-electron chi connectivity index (χ0n) is 8.69. The van der Waals surface area contributed by atoms with Crippen LogP contribution in [-0.4, -0.2) is 29.9 Å². The summed E-state index contributed by atoms with van der Waals surface area (Å²) in [5.74, 6) is 0.0822. The highest BCUT2D eigenvalue weighted by atomic mass is 35.5. The Morgan fingerprint density at radius 1 is 1.44 bits per heavy atom. The van der Waals surface area contributed by atoms with Crippen LogP contribution in [0, 0.1) is 0 Å². The van der Waals surface area contributed by atoms with E-state index in [4.69, 9.17) is 17.3 Å². The standard InChI is InChI=1S/C10H13ClN2OS.ClH/c11-9-2-1-8(15-9)10(14)13-5-3-7(12)4-6-13;/h1-2,7H,3-6,12H2;1H. The summed E-state index contributed by atoms with van der Waals surface area (Å²) in [6, 6.07) is 3.79. The summed E-state index contributed by atoms with van der Waals surface area (Å²) < 4.78 is 0.659. The molecule has 0 radical (unpaired) electrons. The molecule has 0 saturated carbocycles. The van der Waals surface area contributed by atoms with Gasteiger partial charge in [0.2, 0.25) is 0 Å². The fraction of sp³-hybridized carbons (Fsp3) is 0.500. The molecule has 0 bridgehead atoms. The van der Waals surface area contributed by atoms with Gasteiger partial charge >= 0.3 is 0 Å². The second kappa shape index (κ2) is 5.87. The van der Waals surface area contributed by atoms with E-state index >= 15 is 0 Å². The summed E-state index contributed by atoms with van der Waals surface area (Å²) in [5.41, 5.74) is 5.78. The number of carbonyl (C=O) groups excluding carboxylic acids is 1. The number of amides is 1. The zero-order valence-corrected chi connectivity index (χ0v) is 11.1. The molecule has 0 aromatic carbocycles. The molecule has 1 amide bonds. The van der Waals surface area contributed by atoms with Gasteiger partial charge in [-0.1, -0.05) is 11.6 Å². The van der Waals surface area contributed by atoms with E-state index in [1.54, 1.807) is 12.1 Å². The molecule has 1 saturated heterocycles. The van der Waals surface area contributed by atoms with Crippen molar-refractivity contribution < 1.29 is 4.79 Å². The fourth-order valence-corrected chi connectivity index (χ4v) is 2.70. The minimum absolute atomic E-state index is 0. The summed E-state index contributed by atoms with van der Waals surface area (Å²) >= 11 is 7.13. The minimum Gasteiger partial charge on any atom is -0.338 e. The number of nitrogens with two attached hydrogens (primary N) is 1. The van der Waals surface area contributed by atoms with Gasteiger partial charge in [0, 0.05) is 19.1 Å². The Kier molecular flexibility index (Phi) is 5.05. The van der Waals surface area contributed by atoms with Crippen molar-refractivity contribution in [3.63, 3.8) is 0 Å². The van der Waals surface area contributed by atoms with Crippen molar-refractivity contribution >= 4 is 41.3 Å². The van der Waals surface area contributed by atoms with Crippen LogP contribution in [0.4, 0.5) is 0 Å². The number of likely N-dealkylation sites (tertiary alicyclic amines) is 1. The Morgan fingerprint density at radius 3 is 2.56 bits per heavy atom. The van der Waals surface area contributed by atoms with Crippen LogP contribution in [0.25, 0.3) is 0 Å². The van der Waals surface area contributed by atoms with Crippen molar-refractivity contribution in [1.29, 1.82) is 0 Å². The number of piperidine rings is 1. The molecular weight excluding hydrogens is 267 g/mol.